The summed E-state index contributed by atoms with van der Waals surface area (Å²) in [6.07, 6.45) is 3.72. The Morgan fingerprint density at radius 2 is 1.93 bits per heavy atom. The standard InChI is InChI=1S/C14H21N/c1-4-12-7-5-6-8-13(12)14(9-10-14)15-11(2)3/h5-8,11,15H,4,9-10H2,1-3H3. The quantitative estimate of drug-likeness (QED) is 0.792. The highest BCUT2D eigenvalue weighted by Gasteiger charge is 2.45. The summed E-state index contributed by atoms with van der Waals surface area (Å²) >= 11 is 0. The molecule has 82 valence electrons. The van der Waals surface area contributed by atoms with Crippen LogP contribution in [0.2, 0.25) is 0 Å². The van der Waals surface area contributed by atoms with Gasteiger partial charge in [-0.05, 0) is 30.4 Å². The molecule has 1 aromatic rings. The largest absolute Gasteiger partial charge is 0.305 e. The van der Waals surface area contributed by atoms with E-state index in [0.29, 0.717) is 11.6 Å². The molecule has 1 heteroatoms. The fourth-order valence-electron chi connectivity index (χ4n) is 2.46. The second-order valence-electron chi connectivity index (χ2n) is 4.89. The molecular weight excluding hydrogens is 182 g/mol. The van der Waals surface area contributed by atoms with Crippen molar-refractivity contribution in [1.82, 2.24) is 5.32 Å². The van der Waals surface area contributed by atoms with Gasteiger partial charge in [0, 0.05) is 11.6 Å². The molecule has 0 heterocycles. The first-order chi connectivity index (χ1) is 7.18. The van der Waals surface area contributed by atoms with Crippen LogP contribution in [0.1, 0.15) is 44.7 Å². The summed E-state index contributed by atoms with van der Waals surface area (Å²) in [5, 5.41) is 3.72. The van der Waals surface area contributed by atoms with Gasteiger partial charge >= 0.3 is 0 Å². The smallest absolute Gasteiger partial charge is 0.0440 e. The van der Waals surface area contributed by atoms with Gasteiger partial charge in [0.1, 0.15) is 0 Å². The molecule has 0 spiro atoms. The van der Waals surface area contributed by atoms with Gasteiger partial charge in [-0.2, -0.15) is 0 Å². The highest BCUT2D eigenvalue weighted by molar-refractivity contribution is 5.37. The molecule has 0 atom stereocenters. The summed E-state index contributed by atoms with van der Waals surface area (Å²) in [7, 11) is 0. The Morgan fingerprint density at radius 1 is 1.27 bits per heavy atom. The molecule has 1 N–H and O–H groups in total. The van der Waals surface area contributed by atoms with Crippen LogP contribution in [0, 0.1) is 0 Å². The molecule has 0 bridgehead atoms. The van der Waals surface area contributed by atoms with Crippen molar-refractivity contribution < 1.29 is 0 Å². The van der Waals surface area contributed by atoms with Gasteiger partial charge < -0.3 is 5.32 Å². The minimum Gasteiger partial charge on any atom is -0.305 e. The van der Waals surface area contributed by atoms with Crippen LogP contribution in [0.3, 0.4) is 0 Å². The summed E-state index contributed by atoms with van der Waals surface area (Å²) in [5.41, 5.74) is 3.34. The third-order valence-corrected chi connectivity index (χ3v) is 3.23. The summed E-state index contributed by atoms with van der Waals surface area (Å²) in [5.74, 6) is 0. The third kappa shape index (κ3) is 2.07. The summed E-state index contributed by atoms with van der Waals surface area (Å²) in [6, 6.07) is 9.43. The van der Waals surface area contributed by atoms with Crippen molar-refractivity contribution >= 4 is 0 Å². The minimum atomic E-state index is 0.306. The monoisotopic (exact) mass is 203 g/mol. The lowest BCUT2D eigenvalue weighted by Crippen LogP contribution is -2.35. The number of nitrogens with one attached hydrogen (secondary N) is 1. The molecule has 1 nitrogen and oxygen atoms in total. The van der Waals surface area contributed by atoms with E-state index in [1.165, 1.54) is 24.0 Å². The van der Waals surface area contributed by atoms with Gasteiger partial charge in [0.05, 0.1) is 0 Å². The number of hydrogen-bond acceptors (Lipinski definition) is 1. The fraction of sp³-hybridized carbons (Fsp3) is 0.571. The second-order valence-corrected chi connectivity index (χ2v) is 4.89. The Balaban J connectivity index is 2.28. The van der Waals surface area contributed by atoms with E-state index in [0.717, 1.165) is 6.42 Å². The lowest BCUT2D eigenvalue weighted by Gasteiger charge is -2.23. The third-order valence-electron chi connectivity index (χ3n) is 3.23. The van der Waals surface area contributed by atoms with Gasteiger partial charge in [0.15, 0.2) is 0 Å². The molecule has 0 radical (unpaired) electrons. The average molecular weight is 203 g/mol. The highest BCUT2D eigenvalue weighted by Crippen LogP contribution is 2.47. The predicted octanol–water partition coefficient (Wildman–Crippen LogP) is 3.24. The highest BCUT2D eigenvalue weighted by atomic mass is 15.0. The molecule has 1 aliphatic rings. The summed E-state index contributed by atoms with van der Waals surface area (Å²) in [4.78, 5) is 0. The first-order valence-electron chi connectivity index (χ1n) is 6.04. The van der Waals surface area contributed by atoms with Crippen LogP contribution in [0.5, 0.6) is 0 Å². The maximum Gasteiger partial charge on any atom is 0.0440 e. The zero-order valence-electron chi connectivity index (χ0n) is 10.0. The second kappa shape index (κ2) is 3.97. The first kappa shape index (κ1) is 10.7. The number of rotatable bonds is 4. The lowest BCUT2D eigenvalue weighted by molar-refractivity contribution is 0.459. The molecule has 1 aliphatic carbocycles. The normalized spacial score (nSPS) is 18.1. The maximum atomic E-state index is 3.72. The number of aryl methyl sites for hydroxylation is 1. The van der Waals surface area contributed by atoms with Gasteiger partial charge in [-0.1, -0.05) is 45.0 Å². The van der Waals surface area contributed by atoms with Gasteiger partial charge in [-0.25, -0.2) is 0 Å². The van der Waals surface area contributed by atoms with E-state index in [9.17, 15) is 0 Å². The van der Waals surface area contributed by atoms with Crippen molar-refractivity contribution in [3.63, 3.8) is 0 Å². The van der Waals surface area contributed by atoms with Crippen molar-refractivity contribution in [3.05, 3.63) is 35.4 Å². The molecular formula is C14H21N. The molecule has 0 aromatic heterocycles. The van der Waals surface area contributed by atoms with Crippen molar-refractivity contribution in [1.29, 1.82) is 0 Å². The molecule has 1 aromatic carbocycles. The van der Waals surface area contributed by atoms with Gasteiger partial charge in [0.25, 0.3) is 0 Å². The molecule has 2 rings (SSSR count). The van der Waals surface area contributed by atoms with Crippen LogP contribution in [0.15, 0.2) is 24.3 Å². The van der Waals surface area contributed by atoms with Crippen LogP contribution in [0.25, 0.3) is 0 Å². The van der Waals surface area contributed by atoms with E-state index in [1.54, 1.807) is 0 Å². The Kier molecular flexibility index (Phi) is 2.83. The first-order valence-corrected chi connectivity index (χ1v) is 6.04. The van der Waals surface area contributed by atoms with Crippen LogP contribution >= 0.6 is 0 Å². The number of hydrogen-bond donors (Lipinski definition) is 1. The molecule has 0 saturated heterocycles. The van der Waals surface area contributed by atoms with Crippen molar-refractivity contribution in [3.8, 4) is 0 Å². The van der Waals surface area contributed by atoms with Gasteiger partial charge in [0.2, 0.25) is 0 Å². The predicted molar refractivity (Wildman–Crippen MR) is 65.0 cm³/mol. The van der Waals surface area contributed by atoms with Crippen molar-refractivity contribution in [2.24, 2.45) is 0 Å². The zero-order valence-corrected chi connectivity index (χ0v) is 10.0. The zero-order chi connectivity index (χ0) is 10.9. The summed E-state index contributed by atoms with van der Waals surface area (Å²) < 4.78 is 0. The van der Waals surface area contributed by atoms with E-state index in [1.807, 2.05) is 0 Å². The van der Waals surface area contributed by atoms with Crippen molar-refractivity contribution in [2.45, 2.75) is 51.6 Å². The van der Waals surface area contributed by atoms with E-state index in [-0.39, 0.29) is 0 Å². The summed E-state index contributed by atoms with van der Waals surface area (Å²) in [6.45, 7) is 6.70. The van der Waals surface area contributed by atoms with Gasteiger partial charge in [-0.15, -0.1) is 0 Å². The number of benzene rings is 1. The Hall–Kier alpha value is -0.820. The van der Waals surface area contributed by atoms with Crippen LogP contribution < -0.4 is 5.32 Å². The SMILES string of the molecule is CCc1ccccc1C1(NC(C)C)CC1. The molecule has 1 fully saturated rings. The Labute approximate surface area is 92.9 Å². The minimum absolute atomic E-state index is 0.306. The molecule has 0 aliphatic heterocycles. The maximum absolute atomic E-state index is 3.72. The molecule has 15 heavy (non-hydrogen) atoms. The van der Waals surface area contributed by atoms with Crippen LogP contribution in [-0.2, 0) is 12.0 Å². The Morgan fingerprint density at radius 3 is 2.47 bits per heavy atom. The van der Waals surface area contributed by atoms with Gasteiger partial charge in [-0.3, -0.25) is 0 Å². The lowest BCUT2D eigenvalue weighted by atomic mass is 9.96. The van der Waals surface area contributed by atoms with Crippen LogP contribution in [-0.4, -0.2) is 6.04 Å². The Bertz CT molecular complexity index is 337. The molecule has 0 amide bonds. The fourth-order valence-corrected chi connectivity index (χ4v) is 2.46. The van der Waals surface area contributed by atoms with Crippen molar-refractivity contribution in [2.75, 3.05) is 0 Å². The van der Waals surface area contributed by atoms with E-state index >= 15 is 0 Å². The van der Waals surface area contributed by atoms with E-state index < -0.39 is 0 Å². The van der Waals surface area contributed by atoms with E-state index in [2.05, 4.69) is 50.4 Å². The average Bonchev–Trinajstić information content (AvgIpc) is 2.98. The topological polar surface area (TPSA) is 12.0 Å². The molecule has 1 saturated carbocycles. The van der Waals surface area contributed by atoms with E-state index in [4.69, 9.17) is 0 Å². The molecule has 0 unspecified atom stereocenters. The van der Waals surface area contributed by atoms with Crippen LogP contribution in [0.4, 0.5) is 0 Å².